The van der Waals surface area contributed by atoms with E-state index in [-0.39, 0.29) is 12.8 Å². The van der Waals surface area contributed by atoms with E-state index in [2.05, 4.69) is 13.2 Å². The Labute approximate surface area is 150 Å². The van der Waals surface area contributed by atoms with Crippen LogP contribution in [0.2, 0.25) is 0 Å². The van der Waals surface area contributed by atoms with Crippen molar-refractivity contribution in [2.75, 3.05) is 0 Å². The van der Waals surface area contributed by atoms with Crippen LogP contribution in [-0.2, 0) is 22.4 Å². The lowest BCUT2D eigenvalue weighted by molar-refractivity contribution is -0.137. The second-order valence-electron chi connectivity index (χ2n) is 6.09. The number of hydrogen-bond acceptors (Lipinski definition) is 2. The molecule has 0 fully saturated rings. The average molecular weight is 346 g/mol. The van der Waals surface area contributed by atoms with E-state index in [0.717, 1.165) is 27.1 Å². The van der Waals surface area contributed by atoms with Crippen LogP contribution < -0.4 is 0 Å². The molecule has 0 saturated heterocycles. The molecule has 0 unspecified atom stereocenters. The smallest absolute Gasteiger partial charge is 0.307 e. The van der Waals surface area contributed by atoms with E-state index in [4.69, 9.17) is 0 Å². The third-order valence-electron chi connectivity index (χ3n) is 4.51. The van der Waals surface area contributed by atoms with Crippen LogP contribution in [0.4, 0.5) is 0 Å². The van der Waals surface area contributed by atoms with Crippen molar-refractivity contribution in [3.63, 3.8) is 0 Å². The van der Waals surface area contributed by atoms with Gasteiger partial charge in [0.15, 0.2) is 0 Å². The second kappa shape index (κ2) is 6.84. The van der Waals surface area contributed by atoms with Gasteiger partial charge in [-0.1, -0.05) is 49.6 Å². The molecule has 0 bridgehead atoms. The molecule has 0 radical (unpaired) electrons. The van der Waals surface area contributed by atoms with Crippen molar-refractivity contribution in [1.82, 2.24) is 0 Å². The maximum Gasteiger partial charge on any atom is 0.307 e. The summed E-state index contributed by atoms with van der Waals surface area (Å²) in [6, 6.07) is 11.3. The summed E-state index contributed by atoms with van der Waals surface area (Å²) < 4.78 is 0. The van der Waals surface area contributed by atoms with E-state index in [1.165, 1.54) is 0 Å². The van der Waals surface area contributed by atoms with Crippen LogP contribution in [0.5, 0.6) is 0 Å². The number of rotatable bonds is 6. The Bertz CT molecular complexity index is 1080. The summed E-state index contributed by atoms with van der Waals surface area (Å²) in [4.78, 5) is 22.6. The number of aliphatic carboxylic acids is 2. The predicted octanol–water partition coefficient (Wildman–Crippen LogP) is 4.53. The monoisotopic (exact) mass is 346 g/mol. The van der Waals surface area contributed by atoms with Crippen LogP contribution in [0.25, 0.3) is 33.7 Å². The molecule has 2 N–H and O–H groups in total. The van der Waals surface area contributed by atoms with Crippen molar-refractivity contribution >= 4 is 45.6 Å². The first-order valence-electron chi connectivity index (χ1n) is 8.15. The molecule has 26 heavy (non-hydrogen) atoms. The van der Waals surface area contributed by atoms with Gasteiger partial charge in [0.05, 0.1) is 12.8 Å². The third-order valence-corrected chi connectivity index (χ3v) is 4.51. The first kappa shape index (κ1) is 17.4. The Morgan fingerprint density at radius 1 is 0.769 bits per heavy atom. The summed E-state index contributed by atoms with van der Waals surface area (Å²) in [5.74, 6) is -1.82. The molecule has 0 amide bonds. The number of hydrogen-bond donors (Lipinski definition) is 2. The van der Waals surface area contributed by atoms with Gasteiger partial charge in [-0.2, -0.15) is 0 Å². The number of benzene rings is 3. The van der Waals surface area contributed by atoms with Gasteiger partial charge < -0.3 is 10.2 Å². The highest BCUT2D eigenvalue weighted by atomic mass is 16.4. The molecule has 0 atom stereocenters. The fraction of sp³-hybridized carbons (Fsp3) is 0.0909. The molecule has 0 spiro atoms. The molecule has 0 saturated carbocycles. The molecule has 3 rings (SSSR count). The van der Waals surface area contributed by atoms with Crippen molar-refractivity contribution in [3.8, 4) is 0 Å². The Morgan fingerprint density at radius 3 is 1.88 bits per heavy atom. The normalized spacial score (nSPS) is 10.8. The largest absolute Gasteiger partial charge is 0.481 e. The summed E-state index contributed by atoms with van der Waals surface area (Å²) in [6.07, 6.45) is 3.08. The second-order valence-corrected chi connectivity index (χ2v) is 6.09. The Morgan fingerprint density at radius 2 is 1.31 bits per heavy atom. The van der Waals surface area contributed by atoms with Gasteiger partial charge in [-0.25, -0.2) is 0 Å². The summed E-state index contributed by atoms with van der Waals surface area (Å²) >= 11 is 0. The van der Waals surface area contributed by atoms with Crippen molar-refractivity contribution in [2.24, 2.45) is 0 Å². The summed E-state index contributed by atoms with van der Waals surface area (Å²) in [5.41, 5.74) is 2.85. The lowest BCUT2D eigenvalue weighted by Crippen LogP contribution is -2.05. The number of fused-ring (bicyclic) bond motifs is 3. The lowest BCUT2D eigenvalue weighted by Gasteiger charge is -2.16. The van der Waals surface area contributed by atoms with Crippen LogP contribution in [0.1, 0.15) is 22.3 Å². The molecule has 0 aliphatic heterocycles. The molecule has 0 heterocycles. The zero-order valence-electron chi connectivity index (χ0n) is 14.2. The zero-order valence-corrected chi connectivity index (χ0v) is 14.2. The van der Waals surface area contributed by atoms with E-state index in [0.29, 0.717) is 16.7 Å². The summed E-state index contributed by atoms with van der Waals surface area (Å²) in [7, 11) is 0. The van der Waals surface area contributed by atoms with Gasteiger partial charge in [-0.3, -0.25) is 9.59 Å². The Kier molecular flexibility index (Phi) is 4.59. The minimum Gasteiger partial charge on any atom is -0.481 e. The van der Waals surface area contributed by atoms with Gasteiger partial charge in [0, 0.05) is 0 Å². The summed E-state index contributed by atoms with van der Waals surface area (Å²) in [5, 5.41) is 22.0. The fourth-order valence-corrected chi connectivity index (χ4v) is 3.50. The number of carbonyl (C=O) groups is 2. The van der Waals surface area contributed by atoms with Crippen LogP contribution in [0, 0.1) is 0 Å². The van der Waals surface area contributed by atoms with E-state index in [1.54, 1.807) is 12.2 Å². The zero-order chi connectivity index (χ0) is 18.8. The van der Waals surface area contributed by atoms with Gasteiger partial charge in [0.1, 0.15) is 0 Å². The highest BCUT2D eigenvalue weighted by Gasteiger charge is 2.16. The minimum absolute atomic E-state index is 0.0899. The van der Waals surface area contributed by atoms with Crippen molar-refractivity contribution in [3.05, 3.63) is 71.8 Å². The van der Waals surface area contributed by atoms with Crippen LogP contribution >= 0.6 is 0 Å². The lowest BCUT2D eigenvalue weighted by atomic mass is 9.87. The highest BCUT2D eigenvalue weighted by Crippen LogP contribution is 2.35. The van der Waals surface area contributed by atoms with E-state index < -0.39 is 11.9 Å². The molecule has 4 nitrogen and oxygen atoms in total. The Balaban J connectivity index is 2.50. The maximum atomic E-state index is 11.3. The van der Waals surface area contributed by atoms with Crippen LogP contribution in [0.3, 0.4) is 0 Å². The molecule has 130 valence electrons. The molecule has 3 aromatic carbocycles. The SMILES string of the molecule is C=Cc1c(CC(=O)O)cc2c(cc(CC(=O)O)c3ccccc32)c1C=C. The van der Waals surface area contributed by atoms with Gasteiger partial charge in [0.2, 0.25) is 0 Å². The van der Waals surface area contributed by atoms with Crippen molar-refractivity contribution in [2.45, 2.75) is 12.8 Å². The highest BCUT2D eigenvalue weighted by molar-refractivity contribution is 6.13. The minimum atomic E-state index is -0.922. The van der Waals surface area contributed by atoms with Crippen molar-refractivity contribution < 1.29 is 19.8 Å². The Hall–Kier alpha value is -3.40. The summed E-state index contributed by atoms with van der Waals surface area (Å²) in [6.45, 7) is 7.68. The number of carboxylic acid groups (broad SMARTS) is 2. The topological polar surface area (TPSA) is 74.6 Å². The quantitative estimate of drug-likeness (QED) is 0.643. The molecule has 0 aromatic heterocycles. The van der Waals surface area contributed by atoms with Gasteiger partial charge in [0.25, 0.3) is 0 Å². The van der Waals surface area contributed by atoms with Crippen LogP contribution in [-0.4, -0.2) is 22.2 Å². The fourth-order valence-electron chi connectivity index (χ4n) is 3.50. The molecule has 0 aliphatic rings. The van der Waals surface area contributed by atoms with Gasteiger partial charge in [-0.15, -0.1) is 0 Å². The van der Waals surface area contributed by atoms with Gasteiger partial charge in [-0.05, 0) is 55.9 Å². The molecule has 4 heteroatoms. The van der Waals surface area contributed by atoms with E-state index in [1.807, 2.05) is 36.4 Å². The first-order chi connectivity index (χ1) is 12.5. The average Bonchev–Trinajstić information content (AvgIpc) is 2.60. The predicted molar refractivity (Wildman–Crippen MR) is 104 cm³/mol. The standard InChI is InChI=1S/C22H18O4/c1-3-15-13(11-21(23)24)9-20-18-8-6-5-7-17(18)14(12-22(25)26)10-19(20)16(15)4-2/h3-10H,1-2,11-12H2,(H,23,24)(H,25,26). The maximum absolute atomic E-state index is 11.3. The van der Waals surface area contributed by atoms with E-state index in [9.17, 15) is 19.8 Å². The first-order valence-corrected chi connectivity index (χ1v) is 8.15. The molecular formula is C22H18O4. The van der Waals surface area contributed by atoms with Gasteiger partial charge >= 0.3 is 11.9 Å². The van der Waals surface area contributed by atoms with Crippen LogP contribution in [0.15, 0.2) is 49.6 Å². The molecular weight excluding hydrogens is 328 g/mol. The number of carboxylic acids is 2. The van der Waals surface area contributed by atoms with E-state index >= 15 is 0 Å². The molecule has 3 aromatic rings. The van der Waals surface area contributed by atoms with Crippen molar-refractivity contribution in [1.29, 1.82) is 0 Å². The third kappa shape index (κ3) is 2.97. The molecule has 0 aliphatic carbocycles.